The van der Waals surface area contributed by atoms with Crippen LogP contribution in [0.25, 0.3) is 0 Å². The van der Waals surface area contributed by atoms with E-state index in [0.717, 1.165) is 5.75 Å². The summed E-state index contributed by atoms with van der Waals surface area (Å²) in [5.74, 6) is 0.775. The molecule has 1 aliphatic heterocycles. The van der Waals surface area contributed by atoms with Crippen molar-refractivity contribution in [2.75, 3.05) is 19.8 Å². The van der Waals surface area contributed by atoms with Crippen LogP contribution in [0.5, 0.6) is 5.75 Å². The molecule has 0 radical (unpaired) electrons. The summed E-state index contributed by atoms with van der Waals surface area (Å²) in [5.41, 5.74) is 0.618. The molecule has 1 aliphatic rings. The molecule has 0 fully saturated rings. The quantitative estimate of drug-likeness (QED) is 0.746. The Bertz CT molecular complexity index is 522. The van der Waals surface area contributed by atoms with Crippen molar-refractivity contribution in [3.8, 4) is 11.8 Å². The zero-order valence-corrected chi connectivity index (χ0v) is 13.5. The van der Waals surface area contributed by atoms with E-state index in [1.807, 2.05) is 11.1 Å². The lowest BCUT2D eigenvalue weighted by Crippen LogP contribution is -2.30. The van der Waals surface area contributed by atoms with Crippen LogP contribution in [0.2, 0.25) is 0 Å². The van der Waals surface area contributed by atoms with Crippen molar-refractivity contribution in [2.24, 2.45) is 0 Å². The summed E-state index contributed by atoms with van der Waals surface area (Å²) in [4.78, 5) is 14.8. The van der Waals surface area contributed by atoms with Crippen molar-refractivity contribution in [1.29, 1.82) is 5.26 Å². The van der Waals surface area contributed by atoms with Gasteiger partial charge in [0, 0.05) is 19.3 Å². The van der Waals surface area contributed by atoms with E-state index >= 15 is 0 Å². The molecule has 0 atom stereocenters. The first-order valence-electron chi connectivity index (χ1n) is 6.01. The van der Waals surface area contributed by atoms with E-state index in [0.29, 0.717) is 25.4 Å². The van der Waals surface area contributed by atoms with Gasteiger partial charge in [-0.1, -0.05) is 0 Å². The van der Waals surface area contributed by atoms with Crippen LogP contribution < -0.4 is 4.74 Å². The Morgan fingerprint density at radius 2 is 2.05 bits per heavy atom. The summed E-state index contributed by atoms with van der Waals surface area (Å²) in [6, 6.07) is 9.07. The van der Waals surface area contributed by atoms with E-state index in [2.05, 4.69) is 6.07 Å². The molecule has 0 aliphatic carbocycles. The van der Waals surface area contributed by atoms with E-state index < -0.39 is 0 Å². The van der Waals surface area contributed by atoms with E-state index in [1.54, 1.807) is 42.3 Å². The number of halogens is 1. The highest BCUT2D eigenvalue weighted by Crippen LogP contribution is 2.12. The number of hydrogen-bond acceptors (Lipinski definition) is 4. The minimum absolute atomic E-state index is 0. The third-order valence-corrected chi connectivity index (χ3v) is 2.83. The maximum atomic E-state index is 11.1. The van der Waals surface area contributed by atoms with E-state index in [1.165, 1.54) is 0 Å². The first kappa shape index (κ1) is 16.3. The normalized spacial score (nSPS) is 12.8. The SMILES string of the molecule is CC(=O)N1C=CN(CCOc2ccc(C#N)cc2)C1.I. The fraction of sp³-hybridized carbons (Fsp3) is 0.286. The molecule has 1 aromatic rings. The number of carbonyl (C=O) groups excluding carboxylic acids is 1. The van der Waals surface area contributed by atoms with Crippen molar-refractivity contribution in [3.63, 3.8) is 0 Å². The Balaban J connectivity index is 0.00000200. The van der Waals surface area contributed by atoms with Gasteiger partial charge in [-0.25, -0.2) is 0 Å². The fourth-order valence-electron chi connectivity index (χ4n) is 1.72. The zero-order chi connectivity index (χ0) is 13.7. The molecule has 0 N–H and O–H groups in total. The van der Waals surface area contributed by atoms with Gasteiger partial charge in [0.15, 0.2) is 0 Å². The smallest absolute Gasteiger partial charge is 0.224 e. The van der Waals surface area contributed by atoms with Gasteiger partial charge in [-0.3, -0.25) is 9.69 Å². The average molecular weight is 385 g/mol. The van der Waals surface area contributed by atoms with Gasteiger partial charge in [0.25, 0.3) is 0 Å². The molecule has 0 aromatic heterocycles. The minimum Gasteiger partial charge on any atom is -0.492 e. The molecule has 0 saturated heterocycles. The lowest BCUT2D eigenvalue weighted by molar-refractivity contribution is -0.126. The molecular formula is C14H16IN3O2. The summed E-state index contributed by atoms with van der Waals surface area (Å²) in [6.07, 6.45) is 3.65. The summed E-state index contributed by atoms with van der Waals surface area (Å²) in [5, 5.41) is 8.68. The number of carbonyl (C=O) groups is 1. The first-order valence-corrected chi connectivity index (χ1v) is 6.01. The molecule has 0 bridgehead atoms. The molecule has 0 saturated carbocycles. The highest BCUT2D eigenvalue weighted by atomic mass is 127. The van der Waals surface area contributed by atoms with Gasteiger partial charge in [0.1, 0.15) is 12.4 Å². The number of benzene rings is 1. The van der Waals surface area contributed by atoms with Crippen molar-refractivity contribution >= 4 is 29.9 Å². The number of rotatable bonds is 4. The summed E-state index contributed by atoms with van der Waals surface area (Å²) in [6.45, 7) is 3.36. The Morgan fingerprint density at radius 1 is 1.35 bits per heavy atom. The van der Waals surface area contributed by atoms with Crippen LogP contribution in [0.4, 0.5) is 0 Å². The monoisotopic (exact) mass is 385 g/mol. The maximum Gasteiger partial charge on any atom is 0.224 e. The predicted molar refractivity (Wildman–Crippen MR) is 85.3 cm³/mol. The molecule has 1 heterocycles. The van der Waals surface area contributed by atoms with Crippen molar-refractivity contribution < 1.29 is 9.53 Å². The molecular weight excluding hydrogens is 369 g/mol. The van der Waals surface area contributed by atoms with E-state index in [-0.39, 0.29) is 29.9 Å². The maximum absolute atomic E-state index is 11.1. The second-order valence-corrected chi connectivity index (χ2v) is 4.23. The summed E-state index contributed by atoms with van der Waals surface area (Å²) >= 11 is 0. The number of nitriles is 1. The largest absolute Gasteiger partial charge is 0.492 e. The third-order valence-electron chi connectivity index (χ3n) is 2.83. The molecule has 1 amide bonds. The number of amides is 1. The lowest BCUT2D eigenvalue weighted by atomic mass is 10.2. The topological polar surface area (TPSA) is 56.6 Å². The van der Waals surface area contributed by atoms with Gasteiger partial charge >= 0.3 is 0 Å². The van der Waals surface area contributed by atoms with Crippen LogP contribution >= 0.6 is 24.0 Å². The van der Waals surface area contributed by atoms with Crippen LogP contribution in [-0.4, -0.2) is 35.5 Å². The molecule has 6 heteroatoms. The van der Waals surface area contributed by atoms with Crippen molar-refractivity contribution in [1.82, 2.24) is 9.80 Å². The van der Waals surface area contributed by atoms with Gasteiger partial charge < -0.3 is 9.64 Å². The molecule has 0 unspecified atom stereocenters. The second kappa shape index (κ2) is 7.75. The van der Waals surface area contributed by atoms with Gasteiger partial charge in [-0.05, 0) is 24.3 Å². The predicted octanol–water partition coefficient (Wildman–Crippen LogP) is 2.15. The first-order chi connectivity index (χ1) is 9.19. The molecule has 5 nitrogen and oxygen atoms in total. The van der Waals surface area contributed by atoms with Crippen LogP contribution in [0.1, 0.15) is 12.5 Å². The number of hydrogen-bond donors (Lipinski definition) is 0. The van der Waals surface area contributed by atoms with E-state index in [9.17, 15) is 4.79 Å². The average Bonchev–Trinajstić information content (AvgIpc) is 2.89. The van der Waals surface area contributed by atoms with Crippen LogP contribution in [-0.2, 0) is 4.79 Å². The highest BCUT2D eigenvalue weighted by Gasteiger charge is 2.14. The van der Waals surface area contributed by atoms with Crippen molar-refractivity contribution in [2.45, 2.75) is 6.92 Å². The van der Waals surface area contributed by atoms with E-state index in [4.69, 9.17) is 10.00 Å². The summed E-state index contributed by atoms with van der Waals surface area (Å²) in [7, 11) is 0. The third kappa shape index (κ3) is 4.42. The zero-order valence-electron chi connectivity index (χ0n) is 11.2. The number of nitrogens with zero attached hydrogens (tertiary/aromatic N) is 3. The molecule has 106 valence electrons. The Morgan fingerprint density at radius 3 is 2.60 bits per heavy atom. The molecule has 1 aromatic carbocycles. The second-order valence-electron chi connectivity index (χ2n) is 4.23. The fourth-order valence-corrected chi connectivity index (χ4v) is 1.72. The van der Waals surface area contributed by atoms with Gasteiger partial charge in [-0.15, -0.1) is 24.0 Å². The molecule has 0 spiro atoms. The van der Waals surface area contributed by atoms with Crippen LogP contribution in [0.15, 0.2) is 36.7 Å². The Labute approximate surface area is 135 Å². The van der Waals surface area contributed by atoms with Crippen LogP contribution in [0, 0.1) is 11.3 Å². The van der Waals surface area contributed by atoms with Gasteiger partial charge in [-0.2, -0.15) is 5.26 Å². The van der Waals surface area contributed by atoms with Gasteiger partial charge in [0.05, 0.1) is 24.8 Å². The van der Waals surface area contributed by atoms with Crippen molar-refractivity contribution in [3.05, 3.63) is 42.2 Å². The lowest BCUT2D eigenvalue weighted by Gasteiger charge is -2.19. The Hall–Kier alpha value is -1.75. The Kier molecular flexibility index (Phi) is 6.31. The highest BCUT2D eigenvalue weighted by molar-refractivity contribution is 14.0. The van der Waals surface area contributed by atoms with Gasteiger partial charge in [0.2, 0.25) is 5.91 Å². The standard InChI is InChI=1S/C14H15N3O2.HI/c1-12(18)17-7-6-16(11-17)8-9-19-14-4-2-13(10-15)3-5-14;/h2-7H,8-9,11H2,1H3;1H. The summed E-state index contributed by atoms with van der Waals surface area (Å²) < 4.78 is 5.57. The van der Waals surface area contributed by atoms with Crippen LogP contribution in [0.3, 0.4) is 0 Å². The molecule has 2 rings (SSSR count). The molecule has 20 heavy (non-hydrogen) atoms. The number of ether oxygens (including phenoxy) is 1. The minimum atomic E-state index is 0.